The number of rotatable bonds is 4. The van der Waals surface area contributed by atoms with Crippen molar-refractivity contribution in [3.8, 4) is 17.1 Å². The molecule has 0 spiro atoms. The van der Waals surface area contributed by atoms with E-state index in [1.807, 2.05) is 13.0 Å². The van der Waals surface area contributed by atoms with E-state index < -0.39 is 5.91 Å². The molecule has 0 fully saturated rings. The van der Waals surface area contributed by atoms with E-state index in [1.54, 1.807) is 36.7 Å². The highest BCUT2D eigenvalue weighted by Gasteiger charge is 2.17. The van der Waals surface area contributed by atoms with Gasteiger partial charge in [-0.15, -0.1) is 0 Å². The summed E-state index contributed by atoms with van der Waals surface area (Å²) < 4.78 is 10.2. The van der Waals surface area contributed by atoms with Gasteiger partial charge in [0.2, 0.25) is 5.82 Å². The number of anilines is 1. The molecule has 0 aliphatic rings. The molecule has 23 heavy (non-hydrogen) atoms. The van der Waals surface area contributed by atoms with Crippen molar-refractivity contribution in [3.05, 3.63) is 54.2 Å². The lowest BCUT2D eigenvalue weighted by Crippen LogP contribution is -2.13. The molecule has 0 aliphatic carbocycles. The molecule has 1 N–H and O–H groups in total. The number of carbonyl (C=O) groups is 1. The van der Waals surface area contributed by atoms with Crippen LogP contribution in [0.3, 0.4) is 0 Å². The number of nitrogens with zero attached hydrogens (tertiary/aromatic N) is 3. The Balaban J connectivity index is 1.82. The molecular weight excluding hydrogens is 296 g/mol. The Labute approximate surface area is 132 Å². The summed E-state index contributed by atoms with van der Waals surface area (Å²) in [5.41, 5.74) is 2.25. The number of nitrogens with one attached hydrogen (secondary N) is 1. The molecule has 3 aromatic rings. The fraction of sp³-hybridized carbons (Fsp3) is 0.125. The number of hydrogen-bond acceptors (Lipinski definition) is 6. The fourth-order valence-electron chi connectivity index (χ4n) is 2.03. The van der Waals surface area contributed by atoms with Crippen molar-refractivity contribution < 1.29 is 14.1 Å². The molecule has 0 atom stereocenters. The first-order valence-electron chi connectivity index (χ1n) is 6.87. The van der Waals surface area contributed by atoms with E-state index >= 15 is 0 Å². The smallest absolute Gasteiger partial charge is 0.316 e. The van der Waals surface area contributed by atoms with Crippen LogP contribution in [0, 0.1) is 6.92 Å². The van der Waals surface area contributed by atoms with E-state index in [-0.39, 0.29) is 5.89 Å². The van der Waals surface area contributed by atoms with Crippen LogP contribution in [0.1, 0.15) is 16.2 Å². The molecule has 0 bridgehead atoms. The first-order chi connectivity index (χ1) is 11.2. The molecule has 2 heterocycles. The van der Waals surface area contributed by atoms with Crippen molar-refractivity contribution in [2.24, 2.45) is 0 Å². The lowest BCUT2D eigenvalue weighted by atomic mass is 10.2. The first kappa shape index (κ1) is 14.7. The number of methoxy groups -OCH3 is 1. The lowest BCUT2D eigenvalue weighted by Gasteiger charge is -2.09. The van der Waals surface area contributed by atoms with Gasteiger partial charge < -0.3 is 14.6 Å². The van der Waals surface area contributed by atoms with Crippen LogP contribution in [-0.2, 0) is 0 Å². The molecule has 0 radical (unpaired) electrons. The quantitative estimate of drug-likeness (QED) is 0.797. The van der Waals surface area contributed by atoms with Crippen molar-refractivity contribution in [2.45, 2.75) is 6.92 Å². The summed E-state index contributed by atoms with van der Waals surface area (Å²) in [6.45, 7) is 1.92. The van der Waals surface area contributed by atoms with E-state index in [0.29, 0.717) is 17.3 Å². The normalized spacial score (nSPS) is 10.3. The number of pyridine rings is 1. The molecule has 2 aromatic heterocycles. The number of amides is 1. The summed E-state index contributed by atoms with van der Waals surface area (Å²) in [5, 5.41) is 6.51. The topological polar surface area (TPSA) is 90.1 Å². The van der Waals surface area contributed by atoms with Crippen molar-refractivity contribution in [1.82, 2.24) is 15.1 Å². The molecule has 3 rings (SSSR count). The number of ether oxygens (including phenoxy) is 1. The average molecular weight is 310 g/mol. The number of aryl methyl sites for hydroxylation is 1. The van der Waals surface area contributed by atoms with Crippen molar-refractivity contribution >= 4 is 11.6 Å². The van der Waals surface area contributed by atoms with Crippen molar-refractivity contribution in [1.29, 1.82) is 0 Å². The van der Waals surface area contributed by atoms with Crippen LogP contribution in [0.15, 0.2) is 47.2 Å². The average Bonchev–Trinajstić information content (AvgIpc) is 3.06. The summed E-state index contributed by atoms with van der Waals surface area (Å²) >= 11 is 0. The molecule has 7 nitrogen and oxygen atoms in total. The maximum atomic E-state index is 12.3. The third kappa shape index (κ3) is 3.18. The number of benzene rings is 1. The van der Waals surface area contributed by atoms with Crippen LogP contribution in [0.5, 0.6) is 5.75 Å². The standard InChI is InChI=1S/C16H14N4O3/c1-10-3-4-13(22-2)12(9-10)18-15(21)16-19-14(20-23-16)11-5-7-17-8-6-11/h3-9H,1-2H3,(H,18,21). The van der Waals surface area contributed by atoms with Crippen LogP contribution in [-0.4, -0.2) is 28.1 Å². The minimum Gasteiger partial charge on any atom is -0.495 e. The van der Waals surface area contributed by atoms with Crippen LogP contribution < -0.4 is 10.1 Å². The van der Waals surface area contributed by atoms with Gasteiger partial charge in [-0.2, -0.15) is 4.98 Å². The van der Waals surface area contributed by atoms with Crippen LogP contribution in [0.25, 0.3) is 11.4 Å². The first-order valence-corrected chi connectivity index (χ1v) is 6.87. The molecular formula is C16H14N4O3. The molecule has 0 unspecified atom stereocenters. The maximum Gasteiger partial charge on any atom is 0.316 e. The monoisotopic (exact) mass is 310 g/mol. The van der Waals surface area contributed by atoms with E-state index in [1.165, 1.54) is 7.11 Å². The third-order valence-electron chi connectivity index (χ3n) is 3.16. The van der Waals surface area contributed by atoms with Gasteiger partial charge in [0, 0.05) is 18.0 Å². The third-order valence-corrected chi connectivity index (χ3v) is 3.16. The van der Waals surface area contributed by atoms with Crippen molar-refractivity contribution in [2.75, 3.05) is 12.4 Å². The minimum atomic E-state index is -0.498. The van der Waals surface area contributed by atoms with Gasteiger partial charge in [-0.25, -0.2) is 0 Å². The van der Waals surface area contributed by atoms with Crippen LogP contribution >= 0.6 is 0 Å². The molecule has 1 aromatic carbocycles. The SMILES string of the molecule is COc1ccc(C)cc1NC(=O)c1nc(-c2ccncc2)no1. The Hall–Kier alpha value is -3.22. The lowest BCUT2D eigenvalue weighted by molar-refractivity contribution is 0.0981. The van der Waals surface area contributed by atoms with Crippen molar-refractivity contribution in [3.63, 3.8) is 0 Å². The summed E-state index contributed by atoms with van der Waals surface area (Å²) in [4.78, 5) is 20.3. The van der Waals surface area contributed by atoms with E-state index in [0.717, 1.165) is 11.1 Å². The van der Waals surface area contributed by atoms with Gasteiger partial charge in [-0.3, -0.25) is 9.78 Å². The van der Waals surface area contributed by atoms with E-state index in [2.05, 4.69) is 20.4 Å². The van der Waals surface area contributed by atoms with Gasteiger partial charge in [-0.1, -0.05) is 11.2 Å². The Morgan fingerprint density at radius 2 is 2.00 bits per heavy atom. The largest absolute Gasteiger partial charge is 0.495 e. The van der Waals surface area contributed by atoms with Gasteiger partial charge in [0.05, 0.1) is 12.8 Å². The Morgan fingerprint density at radius 1 is 1.22 bits per heavy atom. The summed E-state index contributed by atoms with van der Waals surface area (Å²) in [6.07, 6.45) is 3.23. The highest BCUT2D eigenvalue weighted by atomic mass is 16.5. The van der Waals surface area contributed by atoms with Gasteiger partial charge in [-0.05, 0) is 36.8 Å². The number of aromatic nitrogens is 3. The highest BCUT2D eigenvalue weighted by molar-refractivity contribution is 6.02. The molecule has 1 amide bonds. The second kappa shape index (κ2) is 6.27. The van der Waals surface area contributed by atoms with Gasteiger partial charge in [0.15, 0.2) is 0 Å². The number of hydrogen-bond donors (Lipinski definition) is 1. The minimum absolute atomic E-state index is 0.125. The molecule has 0 aliphatic heterocycles. The van der Waals surface area contributed by atoms with Gasteiger partial charge in [0.25, 0.3) is 0 Å². The summed E-state index contributed by atoms with van der Waals surface area (Å²) in [5.74, 6) is 0.258. The van der Waals surface area contributed by atoms with E-state index in [9.17, 15) is 4.79 Å². The molecule has 7 heteroatoms. The summed E-state index contributed by atoms with van der Waals surface area (Å²) in [6, 6.07) is 8.94. The predicted molar refractivity (Wildman–Crippen MR) is 83.2 cm³/mol. The van der Waals surface area contributed by atoms with E-state index in [4.69, 9.17) is 9.26 Å². The van der Waals surface area contributed by atoms with Gasteiger partial charge >= 0.3 is 11.8 Å². The molecule has 0 saturated carbocycles. The zero-order valence-corrected chi connectivity index (χ0v) is 12.6. The zero-order valence-electron chi connectivity index (χ0n) is 12.6. The van der Waals surface area contributed by atoms with Crippen LogP contribution in [0.2, 0.25) is 0 Å². The number of carbonyl (C=O) groups excluding carboxylic acids is 1. The zero-order chi connectivity index (χ0) is 16.2. The fourth-order valence-corrected chi connectivity index (χ4v) is 2.03. The second-order valence-corrected chi connectivity index (χ2v) is 4.82. The maximum absolute atomic E-state index is 12.3. The predicted octanol–water partition coefficient (Wildman–Crippen LogP) is 2.70. The van der Waals surface area contributed by atoms with Gasteiger partial charge in [0.1, 0.15) is 5.75 Å². The second-order valence-electron chi connectivity index (χ2n) is 4.82. The molecule has 116 valence electrons. The van der Waals surface area contributed by atoms with Crippen LogP contribution in [0.4, 0.5) is 5.69 Å². The highest BCUT2D eigenvalue weighted by Crippen LogP contribution is 2.25. The Bertz CT molecular complexity index is 830. The Kier molecular flexibility index (Phi) is 4.01. The Morgan fingerprint density at radius 3 is 2.74 bits per heavy atom. The molecule has 0 saturated heterocycles. The summed E-state index contributed by atoms with van der Waals surface area (Å²) in [7, 11) is 1.54.